The highest BCUT2D eigenvalue weighted by atomic mass is 32.2. The van der Waals surface area contributed by atoms with E-state index in [2.05, 4.69) is 0 Å². The average molecular weight is 388 g/mol. The molecule has 4 fully saturated rings. The highest BCUT2D eigenvalue weighted by Crippen LogP contribution is 2.62. The minimum atomic E-state index is -5.19. The molecule has 0 aromatic rings. The van der Waals surface area contributed by atoms with Crippen molar-refractivity contribution in [2.45, 2.75) is 61.7 Å². The number of esters is 1. The Morgan fingerprint density at radius 3 is 2.16 bits per heavy atom. The van der Waals surface area contributed by atoms with Gasteiger partial charge in [0.1, 0.15) is 0 Å². The van der Waals surface area contributed by atoms with E-state index < -0.39 is 51.9 Å². The lowest BCUT2D eigenvalue weighted by Gasteiger charge is -2.58. The number of carbonyl (C=O) groups is 1. The Balaban J connectivity index is 1.62. The van der Waals surface area contributed by atoms with Crippen LogP contribution in [0.15, 0.2) is 0 Å². The number of hydrogen-bond acceptors (Lipinski definition) is 5. The van der Waals surface area contributed by atoms with Crippen LogP contribution in [-0.2, 0) is 20.2 Å². The fraction of sp³-hybridized carbons (Fsp3) is 0.933. The smallest absolute Gasteiger partial charge is 0.404 e. The molecule has 5 nitrogen and oxygen atoms in total. The topological polar surface area (TPSA) is 80.7 Å². The van der Waals surface area contributed by atoms with E-state index in [9.17, 15) is 35.9 Å². The molecular weight excluding hydrogens is 368 g/mol. The first-order valence-corrected chi connectivity index (χ1v) is 9.37. The van der Waals surface area contributed by atoms with Crippen molar-refractivity contribution >= 4 is 16.7 Å². The van der Waals surface area contributed by atoms with Crippen LogP contribution < -0.4 is 0 Å². The Hall–Kier alpha value is -0.900. The van der Waals surface area contributed by atoms with Crippen molar-refractivity contribution in [2.75, 3.05) is 6.61 Å². The number of rotatable bonds is 6. The van der Waals surface area contributed by atoms with Gasteiger partial charge in [0.15, 0.2) is 0 Å². The zero-order valence-corrected chi connectivity index (χ0v) is 14.2. The van der Waals surface area contributed by atoms with Gasteiger partial charge in [-0.05, 0) is 50.4 Å². The molecule has 0 radical (unpaired) electrons. The van der Waals surface area contributed by atoms with E-state index in [1.54, 1.807) is 0 Å². The Morgan fingerprint density at radius 2 is 1.68 bits per heavy atom. The summed E-state index contributed by atoms with van der Waals surface area (Å²) in [5, 5.41) is 5.35. The first-order valence-electron chi connectivity index (χ1n) is 8.19. The molecule has 2 atom stereocenters. The first-order chi connectivity index (χ1) is 11.4. The molecule has 0 spiro atoms. The summed E-state index contributed by atoms with van der Waals surface area (Å²) in [6, 6.07) is 0. The number of halogens is 4. The van der Waals surface area contributed by atoms with Gasteiger partial charge in [-0.15, -0.1) is 0 Å². The maximum Gasteiger partial charge on any atom is 0.404 e. The molecule has 25 heavy (non-hydrogen) atoms. The van der Waals surface area contributed by atoms with Crippen molar-refractivity contribution in [1.29, 1.82) is 0 Å². The van der Waals surface area contributed by atoms with Gasteiger partial charge in [0, 0.05) is 0 Å². The van der Waals surface area contributed by atoms with Gasteiger partial charge in [0.2, 0.25) is 10.7 Å². The van der Waals surface area contributed by atoms with Gasteiger partial charge < -0.3 is 9.84 Å². The van der Waals surface area contributed by atoms with Crippen LogP contribution in [0.3, 0.4) is 0 Å². The summed E-state index contributed by atoms with van der Waals surface area (Å²) in [6.07, 6.45) is 1.76. The highest BCUT2D eigenvalue weighted by molar-refractivity contribution is 7.73. The van der Waals surface area contributed by atoms with Crippen molar-refractivity contribution in [3.63, 3.8) is 0 Å². The second kappa shape index (κ2) is 5.80. The maximum atomic E-state index is 13.4. The van der Waals surface area contributed by atoms with E-state index in [4.69, 9.17) is 4.74 Å². The van der Waals surface area contributed by atoms with E-state index in [0.29, 0.717) is 25.7 Å². The minimum absolute atomic E-state index is 0.175. The van der Waals surface area contributed by atoms with Gasteiger partial charge >= 0.3 is 17.1 Å². The lowest BCUT2D eigenvalue weighted by molar-refractivity contribution is -0.201. The fourth-order valence-corrected chi connectivity index (χ4v) is 5.54. The second-order valence-corrected chi connectivity index (χ2v) is 8.93. The molecule has 4 bridgehead atoms. The summed E-state index contributed by atoms with van der Waals surface area (Å²) < 4.78 is 78.1. The molecule has 4 aliphatic carbocycles. The lowest BCUT2D eigenvalue weighted by atomic mass is 9.48. The van der Waals surface area contributed by atoms with Crippen molar-refractivity contribution < 1.29 is 40.6 Å². The second-order valence-electron chi connectivity index (χ2n) is 7.85. The summed E-state index contributed by atoms with van der Waals surface area (Å²) in [5.41, 5.74) is -1.89. The average Bonchev–Trinajstić information content (AvgIpc) is 2.43. The number of hydrogen-bond donors (Lipinski definition) is 2. The third-order valence-corrected chi connectivity index (χ3v) is 6.57. The molecule has 144 valence electrons. The number of alkyl halides is 4. The molecule has 4 saturated carbocycles. The third kappa shape index (κ3) is 3.15. The van der Waals surface area contributed by atoms with E-state index in [-0.39, 0.29) is 18.3 Å². The minimum Gasteiger partial charge on any atom is -0.465 e. The zero-order chi connectivity index (χ0) is 18.7. The number of carbonyl (C=O) groups excluding carboxylic acids is 1. The molecule has 0 saturated heterocycles. The predicted octanol–water partition coefficient (Wildman–Crippen LogP) is 2.09. The molecular formula is C15H20F4O5S. The SMILES string of the molecule is O=C(OCCC(F)(F)C(F)(F)[SH](=O)=O)C12CC3CC(CC(O)(C3)C1)C2. The van der Waals surface area contributed by atoms with Crippen LogP contribution in [0.1, 0.15) is 44.9 Å². The normalized spacial score (nSPS) is 37.5. The Labute approximate surface area is 143 Å². The van der Waals surface area contributed by atoms with Crippen molar-refractivity contribution in [3.8, 4) is 0 Å². The van der Waals surface area contributed by atoms with E-state index in [1.807, 2.05) is 0 Å². The van der Waals surface area contributed by atoms with Crippen LogP contribution in [0.2, 0.25) is 0 Å². The van der Waals surface area contributed by atoms with Crippen LogP contribution in [0.5, 0.6) is 0 Å². The molecule has 4 aliphatic rings. The van der Waals surface area contributed by atoms with Crippen molar-refractivity contribution in [2.24, 2.45) is 17.3 Å². The molecule has 0 heterocycles. The summed E-state index contributed by atoms with van der Waals surface area (Å²) in [4.78, 5) is 12.4. The molecule has 4 rings (SSSR count). The van der Waals surface area contributed by atoms with E-state index >= 15 is 0 Å². The molecule has 1 N–H and O–H groups in total. The molecule has 2 unspecified atom stereocenters. The van der Waals surface area contributed by atoms with Gasteiger partial charge in [-0.3, -0.25) is 4.79 Å². The van der Waals surface area contributed by atoms with Crippen LogP contribution in [0, 0.1) is 17.3 Å². The summed E-state index contributed by atoms with van der Waals surface area (Å²) in [7, 11) is -4.65. The zero-order valence-electron chi connectivity index (χ0n) is 13.4. The predicted molar refractivity (Wildman–Crippen MR) is 77.8 cm³/mol. The Bertz CT molecular complexity index is 626. The van der Waals surface area contributed by atoms with Gasteiger partial charge in [0.05, 0.1) is 24.0 Å². The molecule has 0 amide bonds. The molecule has 0 aromatic heterocycles. The highest BCUT2D eigenvalue weighted by Gasteiger charge is 2.62. The quantitative estimate of drug-likeness (QED) is 0.414. The van der Waals surface area contributed by atoms with Crippen LogP contribution in [-0.4, -0.2) is 42.9 Å². The number of aliphatic hydroxyl groups is 1. The molecule has 0 aromatic carbocycles. The van der Waals surface area contributed by atoms with Crippen LogP contribution in [0.25, 0.3) is 0 Å². The van der Waals surface area contributed by atoms with Crippen LogP contribution >= 0.6 is 0 Å². The van der Waals surface area contributed by atoms with Crippen molar-refractivity contribution in [3.05, 3.63) is 0 Å². The Kier molecular flexibility index (Phi) is 4.38. The summed E-state index contributed by atoms with van der Waals surface area (Å²) in [5.74, 6) is -5.23. The summed E-state index contributed by atoms with van der Waals surface area (Å²) >= 11 is 0. The fourth-order valence-electron chi connectivity index (χ4n) is 5.16. The largest absolute Gasteiger partial charge is 0.465 e. The number of thiol groups is 1. The maximum absolute atomic E-state index is 13.4. The molecule has 10 heteroatoms. The van der Waals surface area contributed by atoms with Gasteiger partial charge in [0.25, 0.3) is 0 Å². The van der Waals surface area contributed by atoms with Gasteiger partial charge in [-0.25, -0.2) is 8.42 Å². The van der Waals surface area contributed by atoms with E-state index in [1.165, 1.54) is 0 Å². The van der Waals surface area contributed by atoms with E-state index in [0.717, 1.165) is 6.42 Å². The number of ether oxygens (including phenoxy) is 1. The summed E-state index contributed by atoms with van der Waals surface area (Å²) in [6.45, 7) is -1.000. The monoisotopic (exact) mass is 388 g/mol. The molecule has 0 aliphatic heterocycles. The standard InChI is InChI=1S/C15H20F4O5S/c16-14(17,15(18,19)25(22)23)1-2-24-11(20)12-4-9-3-10(5-12)7-13(21,6-9)8-12/h9-10,21,25H,1-8H2. The third-order valence-electron chi connectivity index (χ3n) is 5.78. The lowest BCUT2D eigenvalue weighted by Crippen LogP contribution is -2.58. The Morgan fingerprint density at radius 1 is 1.12 bits per heavy atom. The van der Waals surface area contributed by atoms with Gasteiger partial charge in [-0.2, -0.15) is 17.6 Å². The first kappa shape index (κ1) is 18.9. The van der Waals surface area contributed by atoms with Gasteiger partial charge in [-0.1, -0.05) is 0 Å². The van der Waals surface area contributed by atoms with Crippen LogP contribution in [0.4, 0.5) is 17.6 Å². The van der Waals surface area contributed by atoms with Crippen molar-refractivity contribution in [1.82, 2.24) is 0 Å².